The summed E-state index contributed by atoms with van der Waals surface area (Å²) in [5.74, 6) is 0.692. The standard InChI is InChI=1S/C7H8O2.C3H8O/c1-9-7-5-3-2-4-6(7)8;1-2-3-4/h2-5,8H,1H3;4H,2-3H2,1H3. The van der Waals surface area contributed by atoms with E-state index < -0.39 is 0 Å². The van der Waals surface area contributed by atoms with Gasteiger partial charge in [-0.3, -0.25) is 0 Å². The summed E-state index contributed by atoms with van der Waals surface area (Å²) in [6, 6.07) is 6.84. The van der Waals surface area contributed by atoms with E-state index in [4.69, 9.17) is 14.9 Å². The molecule has 1 rings (SSSR count). The zero-order valence-electron chi connectivity index (χ0n) is 8.03. The molecule has 3 nitrogen and oxygen atoms in total. The van der Waals surface area contributed by atoms with Crippen molar-refractivity contribution < 1.29 is 14.9 Å². The first-order valence-electron chi connectivity index (χ1n) is 4.19. The van der Waals surface area contributed by atoms with E-state index in [-0.39, 0.29) is 5.75 Å². The van der Waals surface area contributed by atoms with Crippen LogP contribution in [0.15, 0.2) is 24.3 Å². The lowest BCUT2D eigenvalue weighted by atomic mass is 10.3. The van der Waals surface area contributed by atoms with Crippen molar-refractivity contribution in [3.05, 3.63) is 24.3 Å². The molecule has 13 heavy (non-hydrogen) atoms. The lowest BCUT2D eigenvalue weighted by molar-refractivity contribution is 0.295. The number of aliphatic hydroxyl groups is 1. The van der Waals surface area contributed by atoms with Crippen molar-refractivity contribution in [2.75, 3.05) is 13.7 Å². The molecule has 0 fully saturated rings. The van der Waals surface area contributed by atoms with Crippen LogP contribution in [0, 0.1) is 0 Å². The molecular weight excluding hydrogens is 168 g/mol. The first kappa shape index (κ1) is 11.8. The minimum absolute atomic E-state index is 0.181. The van der Waals surface area contributed by atoms with Crippen molar-refractivity contribution in [2.24, 2.45) is 0 Å². The normalized spacial score (nSPS) is 8.54. The summed E-state index contributed by atoms with van der Waals surface area (Å²) in [7, 11) is 1.52. The van der Waals surface area contributed by atoms with Gasteiger partial charge < -0.3 is 14.9 Å². The molecule has 0 unspecified atom stereocenters. The average molecular weight is 184 g/mol. The highest BCUT2D eigenvalue weighted by atomic mass is 16.5. The van der Waals surface area contributed by atoms with E-state index in [1.807, 2.05) is 6.92 Å². The highest BCUT2D eigenvalue weighted by Crippen LogP contribution is 2.22. The van der Waals surface area contributed by atoms with Crippen molar-refractivity contribution >= 4 is 0 Å². The Bertz CT molecular complexity index is 221. The Balaban J connectivity index is 0.000000310. The van der Waals surface area contributed by atoms with Gasteiger partial charge in [0.1, 0.15) is 0 Å². The first-order valence-corrected chi connectivity index (χ1v) is 4.19. The number of phenolic OH excluding ortho intramolecular Hbond substituents is 1. The number of ether oxygens (including phenoxy) is 1. The van der Waals surface area contributed by atoms with E-state index in [1.165, 1.54) is 7.11 Å². The van der Waals surface area contributed by atoms with Gasteiger partial charge in [-0.1, -0.05) is 19.1 Å². The fourth-order valence-electron chi connectivity index (χ4n) is 0.630. The number of aromatic hydroxyl groups is 1. The van der Waals surface area contributed by atoms with Gasteiger partial charge in [-0.25, -0.2) is 0 Å². The Hall–Kier alpha value is -1.22. The molecule has 0 spiro atoms. The van der Waals surface area contributed by atoms with E-state index in [9.17, 15) is 0 Å². The Morgan fingerprint density at radius 1 is 1.31 bits per heavy atom. The van der Waals surface area contributed by atoms with Crippen LogP contribution in [0.3, 0.4) is 0 Å². The van der Waals surface area contributed by atoms with Crippen LogP contribution in [-0.2, 0) is 0 Å². The minimum atomic E-state index is 0.181. The largest absolute Gasteiger partial charge is 0.504 e. The molecule has 0 amide bonds. The smallest absolute Gasteiger partial charge is 0.160 e. The average Bonchev–Trinajstić information content (AvgIpc) is 2.19. The van der Waals surface area contributed by atoms with Gasteiger partial charge in [-0.15, -0.1) is 0 Å². The van der Waals surface area contributed by atoms with E-state index >= 15 is 0 Å². The van der Waals surface area contributed by atoms with E-state index in [0.29, 0.717) is 12.4 Å². The molecule has 0 aliphatic heterocycles. The molecule has 0 aromatic heterocycles. The van der Waals surface area contributed by atoms with Gasteiger partial charge in [0.25, 0.3) is 0 Å². The molecule has 0 aliphatic rings. The summed E-state index contributed by atoms with van der Waals surface area (Å²) < 4.78 is 4.79. The molecule has 3 heteroatoms. The quantitative estimate of drug-likeness (QED) is 0.736. The number of methoxy groups -OCH3 is 1. The lowest BCUT2D eigenvalue weighted by Gasteiger charge is -1.99. The minimum Gasteiger partial charge on any atom is -0.504 e. The maximum atomic E-state index is 8.99. The molecule has 74 valence electrons. The van der Waals surface area contributed by atoms with E-state index in [1.54, 1.807) is 24.3 Å². The maximum Gasteiger partial charge on any atom is 0.160 e. The highest BCUT2D eigenvalue weighted by Gasteiger charge is 1.94. The van der Waals surface area contributed by atoms with Gasteiger partial charge in [-0.05, 0) is 18.6 Å². The Morgan fingerprint density at radius 3 is 2.15 bits per heavy atom. The molecule has 0 radical (unpaired) electrons. The molecule has 1 aromatic carbocycles. The molecule has 0 saturated carbocycles. The van der Waals surface area contributed by atoms with Crippen LogP contribution >= 0.6 is 0 Å². The fourth-order valence-corrected chi connectivity index (χ4v) is 0.630. The molecule has 0 bridgehead atoms. The molecule has 0 saturated heterocycles. The van der Waals surface area contributed by atoms with Crippen LogP contribution < -0.4 is 4.74 Å². The zero-order chi connectivity index (χ0) is 10.1. The summed E-state index contributed by atoms with van der Waals surface area (Å²) in [5.41, 5.74) is 0. The van der Waals surface area contributed by atoms with Crippen LogP contribution in [0.2, 0.25) is 0 Å². The van der Waals surface area contributed by atoms with Crippen LogP contribution in [0.4, 0.5) is 0 Å². The first-order chi connectivity index (χ1) is 6.26. The number of hydrogen-bond acceptors (Lipinski definition) is 3. The SMILES string of the molecule is CCCO.COc1ccccc1O. The van der Waals surface area contributed by atoms with Crippen molar-refractivity contribution in [2.45, 2.75) is 13.3 Å². The number of hydrogen-bond donors (Lipinski definition) is 2. The summed E-state index contributed by atoms with van der Waals surface area (Å²) in [6.45, 7) is 2.25. The van der Waals surface area contributed by atoms with E-state index in [0.717, 1.165) is 6.42 Å². The third kappa shape index (κ3) is 5.09. The Morgan fingerprint density at radius 2 is 1.85 bits per heavy atom. The van der Waals surface area contributed by atoms with Gasteiger partial charge in [0.05, 0.1) is 7.11 Å². The molecule has 0 heterocycles. The van der Waals surface area contributed by atoms with Crippen LogP contribution in [-0.4, -0.2) is 23.9 Å². The van der Waals surface area contributed by atoms with Crippen molar-refractivity contribution in [1.82, 2.24) is 0 Å². The molecular formula is C10H16O3. The van der Waals surface area contributed by atoms with E-state index in [2.05, 4.69) is 0 Å². The van der Waals surface area contributed by atoms with Gasteiger partial charge in [-0.2, -0.15) is 0 Å². The summed E-state index contributed by atoms with van der Waals surface area (Å²) in [6.07, 6.45) is 0.875. The summed E-state index contributed by atoms with van der Waals surface area (Å²) in [4.78, 5) is 0. The third-order valence-corrected chi connectivity index (χ3v) is 1.31. The zero-order valence-corrected chi connectivity index (χ0v) is 8.03. The van der Waals surface area contributed by atoms with Gasteiger partial charge in [0, 0.05) is 6.61 Å². The van der Waals surface area contributed by atoms with Gasteiger partial charge in [0.2, 0.25) is 0 Å². The monoisotopic (exact) mass is 184 g/mol. The van der Waals surface area contributed by atoms with Crippen molar-refractivity contribution in [1.29, 1.82) is 0 Å². The molecule has 0 aliphatic carbocycles. The topological polar surface area (TPSA) is 49.7 Å². The highest BCUT2D eigenvalue weighted by molar-refractivity contribution is 5.37. The second-order valence-electron chi connectivity index (χ2n) is 2.40. The van der Waals surface area contributed by atoms with Crippen LogP contribution in [0.1, 0.15) is 13.3 Å². The van der Waals surface area contributed by atoms with Gasteiger partial charge >= 0.3 is 0 Å². The second kappa shape index (κ2) is 7.43. The molecule has 2 N–H and O–H groups in total. The molecule has 0 atom stereocenters. The fraction of sp³-hybridized carbons (Fsp3) is 0.400. The van der Waals surface area contributed by atoms with Crippen molar-refractivity contribution in [3.63, 3.8) is 0 Å². The summed E-state index contributed by atoms with van der Waals surface area (Å²) in [5, 5.41) is 16.9. The number of phenols is 1. The van der Waals surface area contributed by atoms with Crippen molar-refractivity contribution in [3.8, 4) is 11.5 Å². The molecule has 1 aromatic rings. The predicted molar refractivity (Wildman–Crippen MR) is 52.0 cm³/mol. The number of rotatable bonds is 2. The maximum absolute atomic E-state index is 8.99. The lowest BCUT2D eigenvalue weighted by Crippen LogP contribution is -1.80. The third-order valence-electron chi connectivity index (χ3n) is 1.31. The van der Waals surface area contributed by atoms with Crippen LogP contribution in [0.5, 0.6) is 11.5 Å². The predicted octanol–water partition coefficient (Wildman–Crippen LogP) is 1.79. The Kier molecular flexibility index (Phi) is 6.73. The number of para-hydroxylation sites is 2. The summed E-state index contributed by atoms with van der Waals surface area (Å²) >= 11 is 0. The van der Waals surface area contributed by atoms with Crippen LogP contribution in [0.25, 0.3) is 0 Å². The van der Waals surface area contributed by atoms with Gasteiger partial charge in [0.15, 0.2) is 11.5 Å². The number of aliphatic hydroxyl groups excluding tert-OH is 1. The second-order valence-corrected chi connectivity index (χ2v) is 2.40. The Labute approximate surface area is 78.6 Å². The number of benzene rings is 1.